The van der Waals surface area contributed by atoms with Crippen molar-refractivity contribution in [1.82, 2.24) is 0 Å². The lowest BCUT2D eigenvalue weighted by Gasteiger charge is -2.14. The molecule has 0 spiro atoms. The number of non-ortho nitro benzene ring substituents is 1. The van der Waals surface area contributed by atoms with E-state index in [1.165, 1.54) is 19.3 Å². The van der Waals surface area contributed by atoms with Crippen LogP contribution < -0.4 is 14.8 Å². The number of phenolic OH excluding ortho intramolecular Hbond substituents is 1. The van der Waals surface area contributed by atoms with Crippen LogP contribution in [0.1, 0.15) is 11.1 Å². The summed E-state index contributed by atoms with van der Waals surface area (Å²) in [6.07, 6.45) is 1.31. The first-order valence-corrected chi connectivity index (χ1v) is 10.2. The van der Waals surface area contributed by atoms with Crippen molar-refractivity contribution in [3.8, 4) is 23.3 Å². The Morgan fingerprint density at radius 3 is 2.65 bits per heavy atom. The zero-order chi connectivity index (χ0) is 24.7. The molecule has 172 valence electrons. The molecule has 0 aliphatic heterocycles. The van der Waals surface area contributed by atoms with Crippen LogP contribution in [0.5, 0.6) is 17.2 Å². The molecule has 34 heavy (non-hydrogen) atoms. The van der Waals surface area contributed by atoms with E-state index in [9.17, 15) is 25.3 Å². The molecular weight excluding hydrogens is 462 g/mol. The minimum absolute atomic E-state index is 0.0856. The summed E-state index contributed by atoms with van der Waals surface area (Å²) < 4.78 is 11.3. The van der Waals surface area contributed by atoms with Crippen LogP contribution in [-0.2, 0) is 11.4 Å². The summed E-state index contributed by atoms with van der Waals surface area (Å²) in [5.41, 5.74) is 0.400. The van der Waals surface area contributed by atoms with Crippen LogP contribution in [0.25, 0.3) is 6.08 Å². The number of rotatable bonds is 8. The molecule has 0 saturated heterocycles. The molecule has 1 amide bonds. The van der Waals surface area contributed by atoms with Gasteiger partial charge in [0.05, 0.1) is 23.8 Å². The minimum atomic E-state index is -0.827. The first kappa shape index (κ1) is 24.1. The number of halogens is 1. The molecule has 0 heterocycles. The Morgan fingerprint density at radius 1 is 1.24 bits per heavy atom. The van der Waals surface area contributed by atoms with E-state index in [-0.39, 0.29) is 23.6 Å². The Morgan fingerprint density at radius 2 is 2.00 bits per heavy atom. The first-order valence-electron chi connectivity index (χ1n) is 9.77. The van der Waals surface area contributed by atoms with Gasteiger partial charge < -0.3 is 19.9 Å². The number of anilines is 1. The van der Waals surface area contributed by atoms with Crippen LogP contribution in [0.4, 0.5) is 11.4 Å². The van der Waals surface area contributed by atoms with Gasteiger partial charge in [0.1, 0.15) is 24.0 Å². The lowest BCUT2D eigenvalue weighted by molar-refractivity contribution is -0.384. The number of methoxy groups -OCH3 is 1. The van der Waals surface area contributed by atoms with Crippen LogP contribution in [-0.4, -0.2) is 23.0 Å². The van der Waals surface area contributed by atoms with Gasteiger partial charge in [0, 0.05) is 22.2 Å². The number of hydrogen-bond donors (Lipinski definition) is 2. The second kappa shape index (κ2) is 10.8. The third-order valence-corrected chi connectivity index (χ3v) is 5.03. The van der Waals surface area contributed by atoms with E-state index in [2.05, 4.69) is 5.32 Å². The largest absolute Gasteiger partial charge is 0.506 e. The second-order valence-corrected chi connectivity index (χ2v) is 7.25. The number of ether oxygens (including phenoxy) is 2. The average Bonchev–Trinajstić information content (AvgIpc) is 2.83. The lowest BCUT2D eigenvalue weighted by atomic mass is 10.1. The summed E-state index contributed by atoms with van der Waals surface area (Å²) in [4.78, 5) is 22.8. The fourth-order valence-corrected chi connectivity index (χ4v) is 3.15. The quantitative estimate of drug-likeness (QED) is 0.151. The van der Waals surface area contributed by atoms with Crippen molar-refractivity contribution in [1.29, 1.82) is 5.26 Å². The SMILES string of the molecule is COc1cccc(/C=C(/C#N)C(=O)Nc2ccc([N+](=O)[O-])cc2O)c1OCc1ccccc1Cl. The number of nitro benzene ring substituents is 1. The van der Waals surface area contributed by atoms with Gasteiger partial charge in [-0.15, -0.1) is 0 Å². The van der Waals surface area contributed by atoms with Gasteiger partial charge in [-0.1, -0.05) is 41.9 Å². The number of hydrogen-bond acceptors (Lipinski definition) is 7. The van der Waals surface area contributed by atoms with Gasteiger partial charge in [0.25, 0.3) is 11.6 Å². The number of nitrogens with zero attached hydrogens (tertiary/aromatic N) is 2. The summed E-state index contributed by atoms with van der Waals surface area (Å²) in [5, 5.41) is 33.2. The number of amides is 1. The van der Waals surface area contributed by atoms with Crippen LogP contribution in [0, 0.1) is 21.4 Å². The van der Waals surface area contributed by atoms with Crippen molar-refractivity contribution in [3.05, 3.63) is 92.5 Å². The van der Waals surface area contributed by atoms with E-state index < -0.39 is 16.6 Å². The maximum atomic E-state index is 12.7. The van der Waals surface area contributed by atoms with Gasteiger partial charge in [-0.3, -0.25) is 14.9 Å². The van der Waals surface area contributed by atoms with E-state index in [0.29, 0.717) is 22.1 Å². The van der Waals surface area contributed by atoms with Crippen molar-refractivity contribution < 1.29 is 24.3 Å². The smallest absolute Gasteiger partial charge is 0.273 e. The maximum absolute atomic E-state index is 12.7. The predicted molar refractivity (Wildman–Crippen MR) is 126 cm³/mol. The lowest BCUT2D eigenvalue weighted by Crippen LogP contribution is -2.13. The number of carbonyl (C=O) groups excluding carboxylic acids is 1. The summed E-state index contributed by atoms with van der Waals surface area (Å²) in [7, 11) is 1.46. The molecule has 3 aromatic carbocycles. The summed E-state index contributed by atoms with van der Waals surface area (Å²) >= 11 is 6.19. The van der Waals surface area contributed by atoms with Crippen LogP contribution in [0.15, 0.2) is 66.2 Å². The minimum Gasteiger partial charge on any atom is -0.506 e. The van der Waals surface area contributed by atoms with E-state index in [1.54, 1.807) is 36.4 Å². The highest BCUT2D eigenvalue weighted by Crippen LogP contribution is 2.34. The molecule has 0 saturated carbocycles. The van der Waals surface area contributed by atoms with Gasteiger partial charge in [0.15, 0.2) is 11.5 Å². The van der Waals surface area contributed by atoms with Crippen molar-refractivity contribution in [3.63, 3.8) is 0 Å². The van der Waals surface area contributed by atoms with E-state index in [1.807, 2.05) is 12.1 Å². The van der Waals surface area contributed by atoms with E-state index in [4.69, 9.17) is 21.1 Å². The number of carbonyl (C=O) groups is 1. The normalized spacial score (nSPS) is 10.8. The van der Waals surface area contributed by atoms with Crippen molar-refractivity contribution in [2.24, 2.45) is 0 Å². The van der Waals surface area contributed by atoms with Gasteiger partial charge >= 0.3 is 0 Å². The second-order valence-electron chi connectivity index (χ2n) is 6.84. The van der Waals surface area contributed by atoms with Crippen molar-refractivity contribution >= 4 is 35.0 Å². The number of aromatic hydroxyl groups is 1. The molecule has 2 N–H and O–H groups in total. The number of benzene rings is 3. The molecule has 0 fully saturated rings. The molecule has 0 atom stereocenters. The van der Waals surface area contributed by atoms with E-state index in [0.717, 1.165) is 17.7 Å². The van der Waals surface area contributed by atoms with Gasteiger partial charge in [0.2, 0.25) is 0 Å². The standard InChI is InChI=1S/C24H18ClN3O6/c1-33-22-8-4-6-15(23(22)34-14-16-5-2-3-7-19(16)25)11-17(13-26)24(30)27-20-10-9-18(28(31)32)12-21(20)29/h2-12,29H,14H2,1H3,(H,27,30)/b17-11-. The molecule has 0 aliphatic rings. The predicted octanol–water partition coefficient (Wildman–Crippen LogP) is 5.09. The Hall–Kier alpha value is -4.55. The van der Waals surface area contributed by atoms with Crippen LogP contribution >= 0.6 is 11.6 Å². The molecule has 9 nitrogen and oxygen atoms in total. The molecule has 0 aliphatic carbocycles. The number of nitriles is 1. The molecule has 0 aromatic heterocycles. The summed E-state index contributed by atoms with van der Waals surface area (Å²) in [5.74, 6) is -0.660. The third-order valence-electron chi connectivity index (χ3n) is 4.66. The number of phenols is 1. The average molecular weight is 480 g/mol. The first-order chi connectivity index (χ1) is 16.3. The van der Waals surface area contributed by atoms with Crippen molar-refractivity contribution in [2.45, 2.75) is 6.61 Å². The summed E-state index contributed by atoms with van der Waals surface area (Å²) in [6, 6.07) is 17.1. The molecule has 0 radical (unpaired) electrons. The summed E-state index contributed by atoms with van der Waals surface area (Å²) in [6.45, 7) is 0.117. The van der Waals surface area contributed by atoms with E-state index >= 15 is 0 Å². The Labute approximate surface area is 199 Å². The maximum Gasteiger partial charge on any atom is 0.273 e. The highest BCUT2D eigenvalue weighted by molar-refractivity contribution is 6.31. The third kappa shape index (κ3) is 5.62. The topological polar surface area (TPSA) is 135 Å². The fraction of sp³-hybridized carbons (Fsp3) is 0.0833. The van der Waals surface area contributed by atoms with Crippen LogP contribution in [0.2, 0.25) is 5.02 Å². The fourth-order valence-electron chi connectivity index (χ4n) is 2.96. The van der Waals surface area contributed by atoms with Crippen molar-refractivity contribution in [2.75, 3.05) is 12.4 Å². The van der Waals surface area contributed by atoms with Gasteiger partial charge in [-0.25, -0.2) is 0 Å². The zero-order valence-corrected chi connectivity index (χ0v) is 18.6. The highest BCUT2D eigenvalue weighted by atomic mass is 35.5. The zero-order valence-electron chi connectivity index (χ0n) is 17.8. The molecule has 3 aromatic rings. The molecule has 0 bridgehead atoms. The Bertz CT molecular complexity index is 1320. The number of nitrogens with one attached hydrogen (secondary N) is 1. The Kier molecular flexibility index (Phi) is 7.69. The van der Waals surface area contributed by atoms with Gasteiger partial charge in [-0.05, 0) is 24.3 Å². The molecule has 0 unspecified atom stereocenters. The molecule has 3 rings (SSSR count). The van der Waals surface area contributed by atoms with Crippen LogP contribution in [0.3, 0.4) is 0 Å². The number of nitro groups is 1. The Balaban J connectivity index is 1.89. The monoisotopic (exact) mass is 479 g/mol. The highest BCUT2D eigenvalue weighted by Gasteiger charge is 2.17. The number of para-hydroxylation sites is 1. The van der Waals surface area contributed by atoms with Gasteiger partial charge in [-0.2, -0.15) is 5.26 Å². The molecular formula is C24H18ClN3O6. The molecule has 10 heteroatoms.